The lowest BCUT2D eigenvalue weighted by molar-refractivity contribution is -0.380. The Balaban J connectivity index is 1.63. The van der Waals surface area contributed by atoms with Gasteiger partial charge in [0.1, 0.15) is 0 Å². The molecule has 0 aliphatic heterocycles. The predicted molar refractivity (Wildman–Crippen MR) is 113 cm³/mol. The molecule has 0 fully saturated rings. The minimum atomic E-state index is -3.88. The van der Waals surface area contributed by atoms with E-state index in [1.54, 1.807) is 13.0 Å². The van der Waals surface area contributed by atoms with E-state index < -0.39 is 20.9 Å². The molecule has 10 nitrogen and oxygen atoms in total. The molecule has 0 atom stereocenters. The molecule has 0 aliphatic rings. The summed E-state index contributed by atoms with van der Waals surface area (Å²) in [6.45, 7) is 1.71. The molecule has 2 aromatic heterocycles. The molecule has 12 heteroatoms. The van der Waals surface area contributed by atoms with Crippen LogP contribution in [0.2, 0.25) is 0 Å². The van der Waals surface area contributed by atoms with Gasteiger partial charge in [0.25, 0.3) is 10.0 Å². The number of nitrogens with zero attached hydrogens (tertiary/aromatic N) is 3. The minimum absolute atomic E-state index is 0.0171. The van der Waals surface area contributed by atoms with Crippen LogP contribution in [0.25, 0.3) is 6.08 Å². The fourth-order valence-electron chi connectivity index (χ4n) is 2.27. The molecule has 3 aromatic rings. The van der Waals surface area contributed by atoms with Gasteiger partial charge in [-0.25, -0.2) is 23.1 Å². The quantitative estimate of drug-likeness (QED) is 0.323. The van der Waals surface area contributed by atoms with Crippen molar-refractivity contribution in [2.45, 2.75) is 11.8 Å². The third-order valence-corrected chi connectivity index (χ3v) is 5.99. The lowest BCUT2D eigenvalue weighted by atomic mass is 10.3. The number of hydrogen-bond donors (Lipinski definition) is 2. The van der Waals surface area contributed by atoms with Crippen LogP contribution >= 0.6 is 11.3 Å². The average Bonchev–Trinajstić information content (AvgIpc) is 3.16. The van der Waals surface area contributed by atoms with Gasteiger partial charge in [0.05, 0.1) is 9.82 Å². The standard InChI is InChI=1S/C18H15N5O5S2/c1-12-10-11-19-18(20-12)22-30(27,28)15-6-2-13(3-7-15)21-16(24)8-4-14-5-9-17(29-14)23(25)26/h2-11H,1H3,(H,21,24)(H,19,20,22). The Labute approximate surface area is 175 Å². The summed E-state index contributed by atoms with van der Waals surface area (Å²) >= 11 is 0.946. The second kappa shape index (κ2) is 8.80. The predicted octanol–water partition coefficient (Wildman–Crippen LogP) is 3.21. The van der Waals surface area contributed by atoms with Crippen LogP contribution < -0.4 is 10.0 Å². The van der Waals surface area contributed by atoms with E-state index in [-0.39, 0.29) is 15.8 Å². The first-order chi connectivity index (χ1) is 14.2. The maximum atomic E-state index is 12.4. The summed E-state index contributed by atoms with van der Waals surface area (Å²) in [6.07, 6.45) is 4.13. The van der Waals surface area contributed by atoms with Gasteiger partial charge >= 0.3 is 5.00 Å². The lowest BCUT2D eigenvalue weighted by Gasteiger charge is -2.08. The summed E-state index contributed by atoms with van der Waals surface area (Å²) in [5.41, 5.74) is 0.999. The number of benzene rings is 1. The minimum Gasteiger partial charge on any atom is -0.323 e. The van der Waals surface area contributed by atoms with Crippen LogP contribution in [0.4, 0.5) is 16.6 Å². The van der Waals surface area contributed by atoms with Gasteiger partial charge in [-0.15, -0.1) is 0 Å². The smallest absolute Gasteiger partial charge is 0.323 e. The number of thiophene rings is 1. The van der Waals surface area contributed by atoms with Gasteiger partial charge in [-0.05, 0) is 49.4 Å². The van der Waals surface area contributed by atoms with Crippen molar-refractivity contribution < 1.29 is 18.1 Å². The Morgan fingerprint density at radius 2 is 1.90 bits per heavy atom. The average molecular weight is 445 g/mol. The van der Waals surface area contributed by atoms with Crippen molar-refractivity contribution in [1.29, 1.82) is 0 Å². The molecule has 154 valence electrons. The lowest BCUT2D eigenvalue weighted by Crippen LogP contribution is -2.15. The number of hydrogen-bond acceptors (Lipinski definition) is 8. The molecule has 0 saturated carbocycles. The fourth-order valence-corrected chi connectivity index (χ4v) is 3.94. The summed E-state index contributed by atoms with van der Waals surface area (Å²) in [7, 11) is -3.88. The van der Waals surface area contributed by atoms with Crippen molar-refractivity contribution in [3.63, 3.8) is 0 Å². The molecule has 30 heavy (non-hydrogen) atoms. The van der Waals surface area contributed by atoms with Crippen molar-refractivity contribution >= 4 is 50.0 Å². The Bertz CT molecular complexity index is 1220. The zero-order chi connectivity index (χ0) is 21.7. The van der Waals surface area contributed by atoms with Crippen LogP contribution in [0.3, 0.4) is 0 Å². The van der Waals surface area contributed by atoms with Crippen LogP contribution in [-0.4, -0.2) is 29.2 Å². The number of aromatic nitrogens is 2. The molecular formula is C18H15N5O5S2. The summed E-state index contributed by atoms with van der Waals surface area (Å²) < 4.78 is 27.1. The highest BCUT2D eigenvalue weighted by Gasteiger charge is 2.16. The highest BCUT2D eigenvalue weighted by molar-refractivity contribution is 7.92. The first kappa shape index (κ1) is 21.1. The molecule has 0 bridgehead atoms. The highest BCUT2D eigenvalue weighted by Crippen LogP contribution is 2.25. The van der Waals surface area contributed by atoms with Crippen molar-refractivity contribution in [3.8, 4) is 0 Å². The topological polar surface area (TPSA) is 144 Å². The number of nitrogens with one attached hydrogen (secondary N) is 2. The van der Waals surface area contributed by atoms with Crippen molar-refractivity contribution in [2.24, 2.45) is 0 Å². The monoisotopic (exact) mass is 445 g/mol. The van der Waals surface area contributed by atoms with Gasteiger partial charge in [-0.3, -0.25) is 14.9 Å². The maximum Gasteiger partial charge on any atom is 0.324 e. The van der Waals surface area contributed by atoms with Gasteiger partial charge in [0.2, 0.25) is 11.9 Å². The first-order valence-electron chi connectivity index (χ1n) is 8.39. The molecular weight excluding hydrogens is 430 g/mol. The van der Waals surface area contributed by atoms with Crippen LogP contribution in [0.1, 0.15) is 10.6 Å². The van der Waals surface area contributed by atoms with Gasteiger partial charge < -0.3 is 5.32 Å². The zero-order valence-corrected chi connectivity index (χ0v) is 17.1. The van der Waals surface area contributed by atoms with Crippen LogP contribution in [0, 0.1) is 17.0 Å². The molecule has 0 aliphatic carbocycles. The summed E-state index contributed by atoms with van der Waals surface area (Å²) in [4.78, 5) is 30.6. The molecule has 0 spiro atoms. The Morgan fingerprint density at radius 1 is 1.17 bits per heavy atom. The number of sulfonamides is 1. The highest BCUT2D eigenvalue weighted by atomic mass is 32.2. The number of rotatable bonds is 7. The molecule has 2 heterocycles. The SMILES string of the molecule is Cc1ccnc(NS(=O)(=O)c2ccc(NC(=O)C=Cc3ccc([N+](=O)[O-])s3)cc2)n1. The largest absolute Gasteiger partial charge is 0.324 e. The van der Waals surface area contributed by atoms with Crippen LogP contribution in [0.15, 0.2) is 59.6 Å². The van der Waals surface area contributed by atoms with E-state index in [1.807, 2.05) is 0 Å². The molecule has 1 amide bonds. The second-order valence-electron chi connectivity index (χ2n) is 5.91. The van der Waals surface area contributed by atoms with E-state index in [0.29, 0.717) is 16.3 Å². The van der Waals surface area contributed by atoms with Crippen LogP contribution in [0.5, 0.6) is 0 Å². The normalized spacial score (nSPS) is 11.4. The van der Waals surface area contributed by atoms with Crippen LogP contribution in [-0.2, 0) is 14.8 Å². The number of carbonyl (C=O) groups excluding carboxylic acids is 1. The number of amides is 1. The molecule has 1 aromatic carbocycles. The second-order valence-corrected chi connectivity index (χ2v) is 8.68. The number of nitro groups is 1. The Morgan fingerprint density at radius 3 is 2.53 bits per heavy atom. The van der Waals surface area contributed by atoms with Crippen molar-refractivity contribution in [1.82, 2.24) is 9.97 Å². The van der Waals surface area contributed by atoms with E-state index in [2.05, 4.69) is 20.0 Å². The van der Waals surface area contributed by atoms with Gasteiger partial charge in [-0.1, -0.05) is 11.3 Å². The summed E-state index contributed by atoms with van der Waals surface area (Å²) in [6, 6.07) is 10.1. The van der Waals surface area contributed by atoms with Gasteiger partial charge in [0.15, 0.2) is 0 Å². The van der Waals surface area contributed by atoms with E-state index in [4.69, 9.17) is 0 Å². The van der Waals surface area contributed by atoms with Gasteiger partial charge in [0, 0.05) is 34.6 Å². The number of aryl methyl sites for hydroxylation is 1. The fraction of sp³-hybridized carbons (Fsp3) is 0.0556. The summed E-state index contributed by atoms with van der Waals surface area (Å²) in [5.74, 6) is -0.501. The Kier molecular flexibility index (Phi) is 6.18. The van der Waals surface area contributed by atoms with Gasteiger partial charge in [-0.2, -0.15) is 0 Å². The number of carbonyl (C=O) groups is 1. The first-order valence-corrected chi connectivity index (χ1v) is 10.7. The van der Waals surface area contributed by atoms with E-state index in [9.17, 15) is 23.3 Å². The van der Waals surface area contributed by atoms with Crippen molar-refractivity contribution in [2.75, 3.05) is 10.0 Å². The molecule has 2 N–H and O–H groups in total. The summed E-state index contributed by atoms with van der Waals surface area (Å²) in [5, 5.41) is 13.2. The number of anilines is 2. The van der Waals surface area contributed by atoms with E-state index >= 15 is 0 Å². The molecule has 0 saturated heterocycles. The Hall–Kier alpha value is -3.64. The maximum absolute atomic E-state index is 12.4. The zero-order valence-electron chi connectivity index (χ0n) is 15.5. The van der Waals surface area contributed by atoms with E-state index in [1.165, 1.54) is 54.7 Å². The molecule has 3 rings (SSSR count). The molecule has 0 unspecified atom stereocenters. The third kappa shape index (κ3) is 5.46. The third-order valence-electron chi connectivity index (χ3n) is 3.64. The molecule has 0 radical (unpaired) electrons. The van der Waals surface area contributed by atoms with Crippen molar-refractivity contribution in [3.05, 3.63) is 75.4 Å². The van der Waals surface area contributed by atoms with E-state index in [0.717, 1.165) is 11.3 Å².